The van der Waals surface area contributed by atoms with Crippen LogP contribution in [-0.2, 0) is 0 Å². The van der Waals surface area contributed by atoms with Gasteiger partial charge in [0.15, 0.2) is 0 Å². The molecule has 16 heavy (non-hydrogen) atoms. The molecule has 3 nitrogen and oxygen atoms in total. The highest BCUT2D eigenvalue weighted by Crippen LogP contribution is 2.14. The molecule has 84 valence electrons. The minimum absolute atomic E-state index is 0.837. The van der Waals surface area contributed by atoms with E-state index in [0.717, 1.165) is 36.4 Å². The maximum absolute atomic E-state index is 4.34. The maximum atomic E-state index is 4.34. The van der Waals surface area contributed by atoms with Gasteiger partial charge < -0.3 is 4.90 Å². The van der Waals surface area contributed by atoms with Gasteiger partial charge in [0.1, 0.15) is 0 Å². The molecule has 0 N–H and O–H groups in total. The summed E-state index contributed by atoms with van der Waals surface area (Å²) < 4.78 is 0. The van der Waals surface area contributed by atoms with Gasteiger partial charge in [0.2, 0.25) is 5.95 Å². The minimum atomic E-state index is 0.837. The molecule has 1 aliphatic heterocycles. The van der Waals surface area contributed by atoms with Crippen LogP contribution in [0.4, 0.5) is 5.95 Å². The molecule has 0 saturated carbocycles. The van der Waals surface area contributed by atoms with E-state index in [4.69, 9.17) is 0 Å². The molecule has 1 fully saturated rings. The van der Waals surface area contributed by atoms with Gasteiger partial charge in [-0.15, -0.1) is 0 Å². The van der Waals surface area contributed by atoms with Gasteiger partial charge in [-0.2, -0.15) is 0 Å². The van der Waals surface area contributed by atoms with Crippen molar-refractivity contribution >= 4 is 21.9 Å². The second-order valence-corrected chi connectivity index (χ2v) is 4.50. The Hall–Kier alpha value is -1.08. The molecule has 2 heterocycles. The van der Waals surface area contributed by atoms with E-state index >= 15 is 0 Å². The topological polar surface area (TPSA) is 29.0 Å². The summed E-state index contributed by atoms with van der Waals surface area (Å²) in [6, 6.07) is 0. The molecular weight excluding hydrogens is 266 g/mol. The summed E-state index contributed by atoms with van der Waals surface area (Å²) in [5, 5.41) is 0.909. The number of alkyl halides is 1. The molecule has 0 atom stereocenters. The summed E-state index contributed by atoms with van der Waals surface area (Å²) in [6.45, 7) is 2.16. The van der Waals surface area contributed by atoms with Gasteiger partial charge in [0, 0.05) is 37.2 Å². The van der Waals surface area contributed by atoms with Crippen LogP contribution in [0.2, 0.25) is 0 Å². The van der Waals surface area contributed by atoms with Crippen LogP contribution >= 0.6 is 15.9 Å². The number of hydrogen-bond donors (Lipinski definition) is 0. The molecule has 0 amide bonds. The Morgan fingerprint density at radius 3 is 2.56 bits per heavy atom. The molecule has 1 aromatic heterocycles. The lowest BCUT2D eigenvalue weighted by Gasteiger charge is -2.13. The fourth-order valence-electron chi connectivity index (χ4n) is 1.68. The summed E-state index contributed by atoms with van der Waals surface area (Å²) >= 11 is 3.34. The zero-order valence-corrected chi connectivity index (χ0v) is 10.7. The minimum Gasteiger partial charge on any atom is -0.341 e. The van der Waals surface area contributed by atoms with Gasteiger partial charge in [-0.25, -0.2) is 9.97 Å². The molecule has 1 saturated heterocycles. The number of anilines is 1. The summed E-state index contributed by atoms with van der Waals surface area (Å²) in [5.41, 5.74) is 0.892. The van der Waals surface area contributed by atoms with Crippen molar-refractivity contribution in [3.63, 3.8) is 0 Å². The molecule has 0 aromatic carbocycles. The normalized spacial score (nSPS) is 14.7. The van der Waals surface area contributed by atoms with Gasteiger partial charge in [-0.3, -0.25) is 0 Å². The van der Waals surface area contributed by atoms with E-state index in [-0.39, 0.29) is 0 Å². The van der Waals surface area contributed by atoms with Crippen molar-refractivity contribution in [2.24, 2.45) is 0 Å². The van der Waals surface area contributed by atoms with Crippen LogP contribution < -0.4 is 4.90 Å². The summed E-state index contributed by atoms with van der Waals surface area (Å²) in [7, 11) is 0. The standard InChI is InChI=1S/C12H14BrN3/c13-6-2-1-5-11-9-14-12(15-10-11)16-7-3-4-8-16/h9-10H,2-4,6-8H2. The van der Waals surface area contributed by atoms with E-state index in [1.165, 1.54) is 12.8 Å². The first-order valence-corrected chi connectivity index (χ1v) is 6.64. The highest BCUT2D eigenvalue weighted by Gasteiger charge is 2.13. The first kappa shape index (κ1) is 11.4. The molecule has 0 unspecified atom stereocenters. The molecule has 0 aliphatic carbocycles. The Morgan fingerprint density at radius 1 is 1.25 bits per heavy atom. The smallest absolute Gasteiger partial charge is 0.225 e. The van der Waals surface area contributed by atoms with E-state index in [9.17, 15) is 0 Å². The van der Waals surface area contributed by atoms with E-state index < -0.39 is 0 Å². The number of nitrogens with zero attached hydrogens (tertiary/aromatic N) is 3. The predicted molar refractivity (Wildman–Crippen MR) is 68.8 cm³/mol. The fourth-order valence-corrected chi connectivity index (χ4v) is 1.88. The van der Waals surface area contributed by atoms with Crippen molar-refractivity contribution in [2.75, 3.05) is 23.3 Å². The lowest BCUT2D eigenvalue weighted by Crippen LogP contribution is -2.20. The number of hydrogen-bond acceptors (Lipinski definition) is 3. The van der Waals surface area contributed by atoms with Crippen LogP contribution in [-0.4, -0.2) is 28.4 Å². The van der Waals surface area contributed by atoms with Crippen LogP contribution in [0.25, 0.3) is 0 Å². The molecule has 2 rings (SSSR count). The maximum Gasteiger partial charge on any atom is 0.225 e. The SMILES string of the molecule is BrCCC#Cc1cnc(N2CCCC2)nc1. The van der Waals surface area contributed by atoms with E-state index in [0.29, 0.717) is 0 Å². The second kappa shape index (κ2) is 5.86. The number of rotatable bonds is 2. The molecule has 1 aromatic rings. The zero-order valence-electron chi connectivity index (χ0n) is 9.12. The molecule has 0 radical (unpaired) electrons. The average Bonchev–Trinajstić information content (AvgIpc) is 2.84. The molecule has 0 spiro atoms. The van der Waals surface area contributed by atoms with Crippen LogP contribution in [0.3, 0.4) is 0 Å². The summed E-state index contributed by atoms with van der Waals surface area (Å²) in [6.07, 6.45) is 6.96. The van der Waals surface area contributed by atoms with Crippen molar-refractivity contribution in [1.82, 2.24) is 9.97 Å². The third-order valence-electron chi connectivity index (χ3n) is 2.48. The quantitative estimate of drug-likeness (QED) is 0.614. The Kier molecular flexibility index (Phi) is 4.17. The molecule has 1 aliphatic rings. The summed E-state index contributed by atoms with van der Waals surface area (Å²) in [5.74, 6) is 6.93. The molecule has 0 bridgehead atoms. The van der Waals surface area contributed by atoms with E-state index in [1.807, 2.05) is 12.4 Å². The fraction of sp³-hybridized carbons (Fsp3) is 0.500. The number of halogens is 1. The number of aromatic nitrogens is 2. The van der Waals surface area contributed by atoms with Gasteiger partial charge in [-0.1, -0.05) is 27.8 Å². The first-order chi connectivity index (χ1) is 7.90. The van der Waals surface area contributed by atoms with Crippen LogP contribution in [0, 0.1) is 11.8 Å². The van der Waals surface area contributed by atoms with Gasteiger partial charge in [-0.05, 0) is 12.8 Å². The zero-order chi connectivity index (χ0) is 11.2. The van der Waals surface area contributed by atoms with Crippen LogP contribution in [0.15, 0.2) is 12.4 Å². The van der Waals surface area contributed by atoms with Gasteiger partial charge in [0.25, 0.3) is 0 Å². The van der Waals surface area contributed by atoms with E-state index in [2.05, 4.69) is 42.6 Å². The van der Waals surface area contributed by atoms with Crippen LogP contribution in [0.1, 0.15) is 24.8 Å². The Morgan fingerprint density at radius 2 is 1.94 bits per heavy atom. The highest BCUT2D eigenvalue weighted by molar-refractivity contribution is 9.09. The monoisotopic (exact) mass is 279 g/mol. The van der Waals surface area contributed by atoms with Crippen molar-refractivity contribution in [1.29, 1.82) is 0 Å². The Bertz CT molecular complexity index is 385. The Labute approximate surface area is 104 Å². The van der Waals surface area contributed by atoms with Gasteiger partial charge >= 0.3 is 0 Å². The van der Waals surface area contributed by atoms with Gasteiger partial charge in [0.05, 0.1) is 5.56 Å². The lowest BCUT2D eigenvalue weighted by atomic mass is 10.3. The van der Waals surface area contributed by atoms with E-state index in [1.54, 1.807) is 0 Å². The molecule has 4 heteroatoms. The largest absolute Gasteiger partial charge is 0.341 e. The van der Waals surface area contributed by atoms with Crippen molar-refractivity contribution in [3.05, 3.63) is 18.0 Å². The third-order valence-corrected chi connectivity index (χ3v) is 2.88. The average molecular weight is 280 g/mol. The predicted octanol–water partition coefficient (Wildman–Crippen LogP) is 2.21. The first-order valence-electron chi connectivity index (χ1n) is 5.52. The van der Waals surface area contributed by atoms with Crippen molar-refractivity contribution in [3.8, 4) is 11.8 Å². The highest BCUT2D eigenvalue weighted by atomic mass is 79.9. The summed E-state index contributed by atoms with van der Waals surface area (Å²) in [4.78, 5) is 10.9. The Balaban J connectivity index is 2.02. The molecular formula is C12H14BrN3. The third kappa shape index (κ3) is 2.96. The lowest BCUT2D eigenvalue weighted by molar-refractivity contribution is 0.897. The second-order valence-electron chi connectivity index (χ2n) is 3.71. The van der Waals surface area contributed by atoms with Crippen molar-refractivity contribution < 1.29 is 0 Å². The van der Waals surface area contributed by atoms with Crippen molar-refractivity contribution in [2.45, 2.75) is 19.3 Å². The van der Waals surface area contributed by atoms with Crippen LogP contribution in [0.5, 0.6) is 0 Å².